The number of hydrogen-bond donors (Lipinski definition) is 1. The number of ether oxygens (including phenoxy) is 3. The summed E-state index contributed by atoms with van der Waals surface area (Å²) in [5, 5.41) is 1.52. The molecule has 0 aromatic heterocycles. The third-order valence-electron chi connectivity index (χ3n) is 2.00. The van der Waals surface area contributed by atoms with Crippen LogP contribution in [0.15, 0.2) is 0 Å². The van der Waals surface area contributed by atoms with Crippen molar-refractivity contribution in [2.75, 3.05) is 33.5 Å². The molecule has 0 aromatic carbocycles. The van der Waals surface area contributed by atoms with Crippen molar-refractivity contribution < 1.29 is 45.3 Å². The third-order valence-corrected chi connectivity index (χ3v) is 2.00. The SMILES string of the molecule is COCCOCCNC(=O)C(F)(F)OC(F)(F)C(C)(F)F. The maximum absolute atomic E-state index is 13.0. The summed E-state index contributed by atoms with van der Waals surface area (Å²) in [7, 11) is 1.40. The van der Waals surface area contributed by atoms with Crippen LogP contribution in [0.1, 0.15) is 6.92 Å². The Morgan fingerprint density at radius 2 is 1.62 bits per heavy atom. The van der Waals surface area contributed by atoms with Gasteiger partial charge >= 0.3 is 24.0 Å². The van der Waals surface area contributed by atoms with Gasteiger partial charge in [0.05, 0.1) is 19.8 Å². The molecule has 0 fully saturated rings. The standard InChI is InChI=1S/C10H15F6NO4/c1-8(11,12)10(15,16)21-9(13,14)7(18)17-3-4-20-6-5-19-2/h3-6H2,1-2H3,(H,17,18). The molecule has 0 aromatic rings. The van der Waals surface area contributed by atoms with Gasteiger partial charge in [0.25, 0.3) is 0 Å². The number of methoxy groups -OCH3 is 1. The lowest BCUT2D eigenvalue weighted by Crippen LogP contribution is -2.51. The molecule has 0 saturated heterocycles. The average molecular weight is 327 g/mol. The first-order chi connectivity index (χ1) is 9.44. The van der Waals surface area contributed by atoms with Crippen molar-refractivity contribution in [1.82, 2.24) is 5.32 Å². The van der Waals surface area contributed by atoms with E-state index in [1.807, 2.05) is 0 Å². The zero-order chi connectivity index (χ0) is 16.7. The maximum atomic E-state index is 13.0. The number of amides is 1. The van der Waals surface area contributed by atoms with Crippen molar-refractivity contribution >= 4 is 5.91 Å². The Hall–Kier alpha value is -1.07. The van der Waals surface area contributed by atoms with Crippen LogP contribution in [0.3, 0.4) is 0 Å². The van der Waals surface area contributed by atoms with Crippen molar-refractivity contribution in [2.45, 2.75) is 25.1 Å². The van der Waals surface area contributed by atoms with Crippen LogP contribution in [-0.2, 0) is 19.0 Å². The van der Waals surface area contributed by atoms with E-state index in [2.05, 4.69) is 9.47 Å². The predicted octanol–water partition coefficient (Wildman–Crippen LogP) is 1.62. The Kier molecular flexibility index (Phi) is 7.40. The Bertz CT molecular complexity index is 334. The van der Waals surface area contributed by atoms with Gasteiger partial charge in [0.2, 0.25) is 0 Å². The lowest BCUT2D eigenvalue weighted by atomic mass is 10.3. The Balaban J connectivity index is 4.28. The molecule has 0 aliphatic carbocycles. The highest BCUT2D eigenvalue weighted by Crippen LogP contribution is 2.38. The van der Waals surface area contributed by atoms with Gasteiger partial charge in [-0.25, -0.2) is 4.74 Å². The number of nitrogens with one attached hydrogen (secondary N) is 1. The molecule has 0 radical (unpaired) electrons. The molecular formula is C10H15F6NO4. The average Bonchev–Trinajstić information content (AvgIpc) is 2.30. The van der Waals surface area contributed by atoms with E-state index < -0.39 is 30.6 Å². The van der Waals surface area contributed by atoms with E-state index in [-0.39, 0.29) is 26.7 Å². The molecule has 0 rings (SSSR count). The Labute approximate surface area is 116 Å². The van der Waals surface area contributed by atoms with Crippen LogP contribution in [0.25, 0.3) is 0 Å². The summed E-state index contributed by atoms with van der Waals surface area (Å²) in [6.45, 7) is -0.615. The minimum atomic E-state index is -5.50. The zero-order valence-electron chi connectivity index (χ0n) is 11.2. The van der Waals surface area contributed by atoms with Crippen molar-refractivity contribution in [3.63, 3.8) is 0 Å². The minimum Gasteiger partial charge on any atom is -0.382 e. The van der Waals surface area contributed by atoms with Gasteiger partial charge in [-0.1, -0.05) is 0 Å². The van der Waals surface area contributed by atoms with Gasteiger partial charge in [0, 0.05) is 20.6 Å². The zero-order valence-corrected chi connectivity index (χ0v) is 11.2. The number of halogens is 6. The molecule has 0 aliphatic rings. The highest BCUT2D eigenvalue weighted by molar-refractivity contribution is 5.81. The van der Waals surface area contributed by atoms with Gasteiger partial charge in [-0.15, -0.1) is 0 Å². The number of carbonyl (C=O) groups excluding carboxylic acids is 1. The van der Waals surface area contributed by atoms with Gasteiger partial charge in [0.1, 0.15) is 0 Å². The minimum absolute atomic E-state index is 0.124. The number of carbonyl (C=O) groups is 1. The smallest absolute Gasteiger partial charge is 0.382 e. The number of hydrogen-bond acceptors (Lipinski definition) is 4. The first-order valence-corrected chi connectivity index (χ1v) is 5.62. The molecule has 1 N–H and O–H groups in total. The second-order valence-electron chi connectivity index (χ2n) is 3.89. The van der Waals surface area contributed by atoms with Crippen LogP contribution in [0, 0.1) is 0 Å². The van der Waals surface area contributed by atoms with Crippen molar-refractivity contribution in [3.8, 4) is 0 Å². The van der Waals surface area contributed by atoms with Crippen LogP contribution in [0.5, 0.6) is 0 Å². The molecule has 0 saturated carbocycles. The van der Waals surface area contributed by atoms with E-state index in [0.717, 1.165) is 0 Å². The molecule has 0 bridgehead atoms. The Morgan fingerprint density at radius 3 is 2.10 bits per heavy atom. The summed E-state index contributed by atoms with van der Waals surface area (Å²) in [4.78, 5) is 10.9. The van der Waals surface area contributed by atoms with Crippen LogP contribution >= 0.6 is 0 Å². The molecular weight excluding hydrogens is 312 g/mol. The molecule has 126 valence electrons. The van der Waals surface area contributed by atoms with E-state index in [0.29, 0.717) is 0 Å². The molecule has 11 heteroatoms. The fourth-order valence-electron chi connectivity index (χ4n) is 0.881. The first kappa shape index (κ1) is 19.9. The second-order valence-corrected chi connectivity index (χ2v) is 3.89. The molecule has 5 nitrogen and oxygen atoms in total. The third kappa shape index (κ3) is 6.96. The summed E-state index contributed by atoms with van der Waals surface area (Å²) < 4.78 is 88.0. The lowest BCUT2D eigenvalue weighted by molar-refractivity contribution is -0.413. The van der Waals surface area contributed by atoms with E-state index in [4.69, 9.17) is 4.74 Å². The summed E-state index contributed by atoms with van der Waals surface area (Å²) >= 11 is 0. The van der Waals surface area contributed by atoms with Crippen LogP contribution in [-0.4, -0.2) is 57.5 Å². The molecule has 0 spiro atoms. The summed E-state index contributed by atoms with van der Waals surface area (Å²) in [6.07, 6.45) is -10.6. The van der Waals surface area contributed by atoms with Crippen molar-refractivity contribution in [3.05, 3.63) is 0 Å². The van der Waals surface area contributed by atoms with E-state index in [1.54, 1.807) is 0 Å². The normalized spacial score (nSPS) is 13.3. The molecule has 0 atom stereocenters. The second kappa shape index (κ2) is 7.80. The van der Waals surface area contributed by atoms with Crippen LogP contribution in [0.2, 0.25) is 0 Å². The van der Waals surface area contributed by atoms with E-state index in [9.17, 15) is 31.1 Å². The molecule has 0 heterocycles. The van der Waals surface area contributed by atoms with Crippen molar-refractivity contribution in [1.29, 1.82) is 0 Å². The summed E-state index contributed by atoms with van der Waals surface area (Å²) in [5.41, 5.74) is 0. The van der Waals surface area contributed by atoms with Gasteiger partial charge in [-0.3, -0.25) is 4.79 Å². The largest absolute Gasteiger partial charge is 0.441 e. The topological polar surface area (TPSA) is 56.8 Å². The quantitative estimate of drug-likeness (QED) is 0.489. The summed E-state index contributed by atoms with van der Waals surface area (Å²) in [5.74, 6) is -7.15. The highest BCUT2D eigenvalue weighted by atomic mass is 19.3. The molecule has 0 unspecified atom stereocenters. The van der Waals surface area contributed by atoms with Crippen LogP contribution in [0.4, 0.5) is 26.3 Å². The predicted molar refractivity (Wildman–Crippen MR) is 57.3 cm³/mol. The monoisotopic (exact) mass is 327 g/mol. The van der Waals surface area contributed by atoms with Gasteiger partial charge in [-0.05, 0) is 0 Å². The van der Waals surface area contributed by atoms with E-state index >= 15 is 0 Å². The van der Waals surface area contributed by atoms with Gasteiger partial charge in [-0.2, -0.15) is 26.3 Å². The van der Waals surface area contributed by atoms with Gasteiger partial charge < -0.3 is 14.8 Å². The molecule has 0 aliphatic heterocycles. The van der Waals surface area contributed by atoms with Crippen molar-refractivity contribution in [2.24, 2.45) is 0 Å². The van der Waals surface area contributed by atoms with Gasteiger partial charge in [0.15, 0.2) is 0 Å². The highest BCUT2D eigenvalue weighted by Gasteiger charge is 2.61. The fourth-order valence-corrected chi connectivity index (χ4v) is 0.881. The molecule has 1 amide bonds. The number of alkyl halides is 6. The number of rotatable bonds is 10. The Morgan fingerprint density at radius 1 is 1.05 bits per heavy atom. The van der Waals surface area contributed by atoms with Crippen LogP contribution < -0.4 is 5.32 Å². The molecule has 21 heavy (non-hydrogen) atoms. The lowest BCUT2D eigenvalue weighted by Gasteiger charge is -2.26. The first-order valence-electron chi connectivity index (χ1n) is 5.62. The maximum Gasteiger partial charge on any atom is 0.441 e. The fraction of sp³-hybridized carbons (Fsp3) is 0.900. The summed E-state index contributed by atoms with van der Waals surface area (Å²) in [6, 6.07) is 0. The van der Waals surface area contributed by atoms with E-state index in [1.165, 1.54) is 12.4 Å².